The van der Waals surface area contributed by atoms with Gasteiger partial charge in [0, 0.05) is 0 Å². The van der Waals surface area contributed by atoms with Crippen LogP contribution in [-0.4, -0.2) is 10.7 Å². The standard InChI is InChI=1S/C10H16O/c1-7(2)9-5-6-10(4,11)8(9)3/h11H,3,5-6H2,1-2,4H3. The monoisotopic (exact) mass is 152 g/mol. The van der Waals surface area contributed by atoms with Crippen LogP contribution in [0.15, 0.2) is 23.3 Å². The van der Waals surface area contributed by atoms with Crippen LogP contribution in [0.5, 0.6) is 0 Å². The highest BCUT2D eigenvalue weighted by Crippen LogP contribution is 2.39. The molecule has 1 unspecified atom stereocenters. The average Bonchev–Trinajstić information content (AvgIpc) is 2.09. The maximum absolute atomic E-state index is 9.75. The first kappa shape index (κ1) is 8.54. The number of hydrogen-bond donors (Lipinski definition) is 1. The van der Waals surface area contributed by atoms with Crippen LogP contribution in [0, 0.1) is 0 Å². The highest BCUT2D eigenvalue weighted by atomic mass is 16.3. The van der Waals surface area contributed by atoms with E-state index in [0.717, 1.165) is 18.4 Å². The van der Waals surface area contributed by atoms with Crippen LogP contribution in [0.3, 0.4) is 0 Å². The van der Waals surface area contributed by atoms with Crippen molar-refractivity contribution >= 4 is 0 Å². The van der Waals surface area contributed by atoms with Crippen molar-refractivity contribution in [1.82, 2.24) is 0 Å². The van der Waals surface area contributed by atoms with Gasteiger partial charge in [0.25, 0.3) is 0 Å². The second kappa shape index (κ2) is 2.49. The summed E-state index contributed by atoms with van der Waals surface area (Å²) in [6.07, 6.45) is 1.81. The van der Waals surface area contributed by atoms with Crippen molar-refractivity contribution < 1.29 is 5.11 Å². The highest BCUT2D eigenvalue weighted by Gasteiger charge is 2.33. The summed E-state index contributed by atoms with van der Waals surface area (Å²) in [6, 6.07) is 0. The van der Waals surface area contributed by atoms with E-state index in [9.17, 15) is 5.11 Å². The summed E-state index contributed by atoms with van der Waals surface area (Å²) in [5, 5.41) is 9.75. The Morgan fingerprint density at radius 2 is 2.09 bits per heavy atom. The SMILES string of the molecule is C=C1C(=C(C)C)CCC1(C)O. The zero-order chi connectivity index (χ0) is 8.65. The first-order chi connectivity index (χ1) is 4.95. The van der Waals surface area contributed by atoms with Crippen molar-refractivity contribution in [3.63, 3.8) is 0 Å². The molecule has 1 nitrogen and oxygen atoms in total. The van der Waals surface area contributed by atoms with E-state index in [1.807, 2.05) is 6.92 Å². The summed E-state index contributed by atoms with van der Waals surface area (Å²) in [6.45, 7) is 9.88. The molecule has 0 spiro atoms. The first-order valence-corrected chi connectivity index (χ1v) is 4.03. The topological polar surface area (TPSA) is 20.2 Å². The third-order valence-electron chi connectivity index (χ3n) is 2.48. The Morgan fingerprint density at radius 1 is 1.55 bits per heavy atom. The van der Waals surface area contributed by atoms with E-state index in [2.05, 4.69) is 20.4 Å². The summed E-state index contributed by atoms with van der Waals surface area (Å²) in [7, 11) is 0. The van der Waals surface area contributed by atoms with E-state index in [1.54, 1.807) is 0 Å². The van der Waals surface area contributed by atoms with Crippen LogP contribution in [0.4, 0.5) is 0 Å². The molecule has 0 aromatic rings. The van der Waals surface area contributed by atoms with Crippen LogP contribution < -0.4 is 0 Å². The lowest BCUT2D eigenvalue weighted by Gasteiger charge is -2.17. The van der Waals surface area contributed by atoms with Gasteiger partial charge in [0.2, 0.25) is 0 Å². The van der Waals surface area contributed by atoms with Crippen molar-refractivity contribution in [2.75, 3.05) is 0 Å². The minimum absolute atomic E-state index is 0.646. The van der Waals surface area contributed by atoms with Crippen LogP contribution in [0.2, 0.25) is 0 Å². The number of aliphatic hydroxyl groups is 1. The number of allylic oxidation sites excluding steroid dienone is 1. The molecule has 0 heterocycles. The largest absolute Gasteiger partial charge is 0.385 e. The highest BCUT2D eigenvalue weighted by molar-refractivity contribution is 5.42. The van der Waals surface area contributed by atoms with E-state index in [-0.39, 0.29) is 0 Å². The Balaban J connectivity index is 2.98. The van der Waals surface area contributed by atoms with Gasteiger partial charge in [-0.3, -0.25) is 0 Å². The summed E-state index contributed by atoms with van der Waals surface area (Å²) < 4.78 is 0. The Morgan fingerprint density at radius 3 is 2.27 bits per heavy atom. The normalized spacial score (nSPS) is 31.3. The molecule has 1 N–H and O–H groups in total. The van der Waals surface area contributed by atoms with Gasteiger partial charge in [-0.05, 0) is 44.8 Å². The van der Waals surface area contributed by atoms with E-state index >= 15 is 0 Å². The molecule has 0 aromatic carbocycles. The molecule has 1 heteroatoms. The zero-order valence-electron chi connectivity index (χ0n) is 7.57. The van der Waals surface area contributed by atoms with Crippen LogP contribution in [-0.2, 0) is 0 Å². The fourth-order valence-electron chi connectivity index (χ4n) is 1.55. The molecule has 0 aromatic heterocycles. The molecule has 11 heavy (non-hydrogen) atoms. The molecule has 0 saturated heterocycles. The maximum Gasteiger partial charge on any atom is 0.0868 e. The smallest absolute Gasteiger partial charge is 0.0868 e. The van der Waals surface area contributed by atoms with Gasteiger partial charge in [-0.1, -0.05) is 12.2 Å². The molecule has 1 aliphatic carbocycles. The summed E-state index contributed by atoms with van der Waals surface area (Å²) in [4.78, 5) is 0. The maximum atomic E-state index is 9.75. The van der Waals surface area contributed by atoms with E-state index in [4.69, 9.17) is 0 Å². The van der Waals surface area contributed by atoms with E-state index in [0.29, 0.717) is 0 Å². The van der Waals surface area contributed by atoms with Gasteiger partial charge in [-0.15, -0.1) is 0 Å². The van der Waals surface area contributed by atoms with Gasteiger partial charge in [-0.2, -0.15) is 0 Å². The van der Waals surface area contributed by atoms with Gasteiger partial charge < -0.3 is 5.11 Å². The van der Waals surface area contributed by atoms with Crippen molar-refractivity contribution in [2.45, 2.75) is 39.2 Å². The van der Waals surface area contributed by atoms with Gasteiger partial charge in [0.15, 0.2) is 0 Å². The molecule has 1 atom stereocenters. The van der Waals surface area contributed by atoms with Crippen molar-refractivity contribution in [1.29, 1.82) is 0 Å². The summed E-state index contributed by atoms with van der Waals surface area (Å²) >= 11 is 0. The second-order valence-corrected chi connectivity index (χ2v) is 3.73. The minimum atomic E-state index is -0.646. The molecule has 0 amide bonds. The van der Waals surface area contributed by atoms with Gasteiger partial charge in [-0.25, -0.2) is 0 Å². The van der Waals surface area contributed by atoms with Crippen LogP contribution >= 0.6 is 0 Å². The second-order valence-electron chi connectivity index (χ2n) is 3.73. The Hall–Kier alpha value is -0.560. The predicted molar refractivity (Wildman–Crippen MR) is 47.4 cm³/mol. The fraction of sp³-hybridized carbons (Fsp3) is 0.600. The lowest BCUT2D eigenvalue weighted by molar-refractivity contribution is 0.107. The predicted octanol–water partition coefficient (Wildman–Crippen LogP) is 2.42. The third kappa shape index (κ3) is 1.38. The Labute approximate surface area is 68.4 Å². The number of hydrogen-bond acceptors (Lipinski definition) is 1. The average molecular weight is 152 g/mol. The summed E-state index contributed by atoms with van der Waals surface area (Å²) in [5.74, 6) is 0. The summed E-state index contributed by atoms with van der Waals surface area (Å²) in [5.41, 5.74) is 2.81. The van der Waals surface area contributed by atoms with Crippen LogP contribution in [0.1, 0.15) is 33.6 Å². The van der Waals surface area contributed by atoms with E-state index in [1.165, 1.54) is 11.1 Å². The van der Waals surface area contributed by atoms with Crippen molar-refractivity contribution in [2.24, 2.45) is 0 Å². The van der Waals surface area contributed by atoms with Gasteiger partial charge in [0.1, 0.15) is 0 Å². The minimum Gasteiger partial charge on any atom is -0.385 e. The molecule has 1 rings (SSSR count). The molecule has 1 saturated carbocycles. The molecular weight excluding hydrogens is 136 g/mol. The molecule has 1 fully saturated rings. The number of rotatable bonds is 0. The fourth-order valence-corrected chi connectivity index (χ4v) is 1.55. The molecule has 0 bridgehead atoms. The first-order valence-electron chi connectivity index (χ1n) is 4.03. The zero-order valence-corrected chi connectivity index (χ0v) is 7.57. The van der Waals surface area contributed by atoms with Crippen molar-refractivity contribution in [3.8, 4) is 0 Å². The Kier molecular flexibility index (Phi) is 1.93. The molecule has 0 aliphatic heterocycles. The molecule has 0 radical (unpaired) electrons. The van der Waals surface area contributed by atoms with E-state index < -0.39 is 5.60 Å². The van der Waals surface area contributed by atoms with Gasteiger partial charge in [0.05, 0.1) is 5.60 Å². The third-order valence-corrected chi connectivity index (χ3v) is 2.48. The molecule has 1 aliphatic rings. The molecular formula is C10H16O. The van der Waals surface area contributed by atoms with Crippen LogP contribution in [0.25, 0.3) is 0 Å². The molecule has 62 valence electrons. The lowest BCUT2D eigenvalue weighted by atomic mass is 9.98. The lowest BCUT2D eigenvalue weighted by Crippen LogP contribution is -2.20. The Bertz CT molecular complexity index is 217. The van der Waals surface area contributed by atoms with Gasteiger partial charge >= 0.3 is 0 Å². The quantitative estimate of drug-likeness (QED) is 0.565. The van der Waals surface area contributed by atoms with Crippen molar-refractivity contribution in [3.05, 3.63) is 23.3 Å².